The molecule has 2 rings (SSSR count). The van der Waals surface area contributed by atoms with E-state index in [2.05, 4.69) is 30.1 Å². The third kappa shape index (κ3) is 1.69. The van der Waals surface area contributed by atoms with E-state index in [1.54, 1.807) is 0 Å². The Hall–Kier alpha value is -0.830. The molecule has 0 aromatic carbocycles. The van der Waals surface area contributed by atoms with Crippen LogP contribution in [-0.2, 0) is 0 Å². The Balaban J connectivity index is 2.12. The van der Waals surface area contributed by atoms with E-state index >= 15 is 0 Å². The van der Waals surface area contributed by atoms with Gasteiger partial charge in [-0.2, -0.15) is 0 Å². The summed E-state index contributed by atoms with van der Waals surface area (Å²) in [4.78, 5) is 2.37. The standard InChI is InChI=1S/C11H18N2O/c1-4-9-6-10(13(3)7-9)11-5-8(2)12-14-11/h5,9-10H,4,6-7H2,1-3H3/t9-,10+/m0/s1. The molecule has 1 saturated heterocycles. The van der Waals surface area contributed by atoms with Crippen LogP contribution in [0.25, 0.3) is 0 Å². The number of likely N-dealkylation sites (tertiary alicyclic amines) is 1. The van der Waals surface area contributed by atoms with E-state index in [-0.39, 0.29) is 0 Å². The summed E-state index contributed by atoms with van der Waals surface area (Å²) in [5.74, 6) is 1.84. The van der Waals surface area contributed by atoms with Gasteiger partial charge in [-0.1, -0.05) is 18.5 Å². The van der Waals surface area contributed by atoms with Gasteiger partial charge in [-0.15, -0.1) is 0 Å². The maximum atomic E-state index is 5.32. The largest absolute Gasteiger partial charge is 0.359 e. The van der Waals surface area contributed by atoms with Crippen LogP contribution < -0.4 is 0 Å². The Morgan fingerprint density at radius 3 is 2.93 bits per heavy atom. The number of nitrogens with zero attached hydrogens (tertiary/aromatic N) is 2. The zero-order valence-corrected chi connectivity index (χ0v) is 9.16. The lowest BCUT2D eigenvalue weighted by molar-refractivity contribution is 0.250. The molecule has 3 nitrogen and oxygen atoms in total. The van der Waals surface area contributed by atoms with E-state index in [0.717, 1.165) is 17.4 Å². The molecule has 1 aliphatic heterocycles. The van der Waals surface area contributed by atoms with E-state index in [1.807, 2.05) is 6.92 Å². The molecule has 78 valence electrons. The molecule has 2 atom stereocenters. The van der Waals surface area contributed by atoms with Crippen LogP contribution in [0.15, 0.2) is 10.6 Å². The molecule has 0 amide bonds. The summed E-state index contributed by atoms with van der Waals surface area (Å²) >= 11 is 0. The average Bonchev–Trinajstić information content (AvgIpc) is 2.71. The van der Waals surface area contributed by atoms with Crippen LogP contribution in [0.3, 0.4) is 0 Å². The van der Waals surface area contributed by atoms with E-state index in [4.69, 9.17) is 4.52 Å². The lowest BCUT2D eigenvalue weighted by Crippen LogP contribution is -2.17. The van der Waals surface area contributed by atoms with Gasteiger partial charge in [0.1, 0.15) is 0 Å². The topological polar surface area (TPSA) is 29.3 Å². The van der Waals surface area contributed by atoms with Crippen molar-refractivity contribution in [3.63, 3.8) is 0 Å². The van der Waals surface area contributed by atoms with Crippen molar-refractivity contribution in [2.75, 3.05) is 13.6 Å². The van der Waals surface area contributed by atoms with Crippen molar-refractivity contribution in [3.05, 3.63) is 17.5 Å². The van der Waals surface area contributed by atoms with Crippen molar-refractivity contribution in [1.29, 1.82) is 0 Å². The monoisotopic (exact) mass is 194 g/mol. The van der Waals surface area contributed by atoms with Crippen molar-refractivity contribution in [2.45, 2.75) is 32.7 Å². The lowest BCUT2D eigenvalue weighted by atomic mass is 10.0. The van der Waals surface area contributed by atoms with Gasteiger partial charge >= 0.3 is 0 Å². The van der Waals surface area contributed by atoms with E-state index in [9.17, 15) is 0 Å². The molecular formula is C11H18N2O. The molecule has 3 heteroatoms. The zero-order chi connectivity index (χ0) is 10.1. The molecule has 0 saturated carbocycles. The predicted octanol–water partition coefficient (Wildman–Crippen LogP) is 2.39. The minimum absolute atomic E-state index is 0.446. The molecule has 0 spiro atoms. The first-order valence-corrected chi connectivity index (χ1v) is 5.34. The number of rotatable bonds is 2. The van der Waals surface area contributed by atoms with Crippen molar-refractivity contribution in [3.8, 4) is 0 Å². The van der Waals surface area contributed by atoms with Crippen LogP contribution in [0.1, 0.15) is 37.3 Å². The van der Waals surface area contributed by atoms with Crippen molar-refractivity contribution < 1.29 is 4.52 Å². The molecule has 1 aliphatic rings. The van der Waals surface area contributed by atoms with Crippen LogP contribution in [0.2, 0.25) is 0 Å². The quantitative estimate of drug-likeness (QED) is 0.724. The summed E-state index contributed by atoms with van der Waals surface area (Å²) in [5.41, 5.74) is 0.980. The molecule has 1 aromatic heterocycles. The highest BCUT2D eigenvalue weighted by Gasteiger charge is 2.31. The van der Waals surface area contributed by atoms with E-state index in [0.29, 0.717) is 6.04 Å². The third-order valence-electron chi connectivity index (χ3n) is 3.19. The molecule has 0 aliphatic carbocycles. The zero-order valence-electron chi connectivity index (χ0n) is 9.16. The highest BCUT2D eigenvalue weighted by molar-refractivity contribution is 5.09. The fourth-order valence-electron chi connectivity index (χ4n) is 2.27. The van der Waals surface area contributed by atoms with Gasteiger partial charge in [0.05, 0.1) is 11.7 Å². The number of aromatic nitrogens is 1. The fourth-order valence-corrected chi connectivity index (χ4v) is 2.27. The maximum Gasteiger partial charge on any atom is 0.154 e. The van der Waals surface area contributed by atoms with Crippen molar-refractivity contribution >= 4 is 0 Å². The fraction of sp³-hybridized carbons (Fsp3) is 0.727. The van der Waals surface area contributed by atoms with Gasteiger partial charge in [0, 0.05) is 12.6 Å². The molecule has 0 bridgehead atoms. The highest BCUT2D eigenvalue weighted by Crippen LogP contribution is 2.35. The Morgan fingerprint density at radius 1 is 1.64 bits per heavy atom. The van der Waals surface area contributed by atoms with Crippen molar-refractivity contribution in [2.24, 2.45) is 5.92 Å². The summed E-state index contributed by atoms with van der Waals surface area (Å²) in [7, 11) is 2.16. The second kappa shape index (κ2) is 3.73. The number of aryl methyl sites for hydroxylation is 1. The van der Waals surface area contributed by atoms with Gasteiger partial charge in [-0.05, 0) is 26.3 Å². The first kappa shape index (κ1) is 9.71. The molecule has 2 heterocycles. The van der Waals surface area contributed by atoms with Gasteiger partial charge in [0.15, 0.2) is 5.76 Å². The Labute approximate surface area is 85.1 Å². The number of hydrogen-bond acceptors (Lipinski definition) is 3. The highest BCUT2D eigenvalue weighted by atomic mass is 16.5. The van der Waals surface area contributed by atoms with Crippen LogP contribution in [0, 0.1) is 12.8 Å². The molecule has 0 N–H and O–H groups in total. The Kier molecular flexibility index (Phi) is 2.59. The summed E-state index contributed by atoms with van der Waals surface area (Å²) in [6.07, 6.45) is 2.47. The van der Waals surface area contributed by atoms with Gasteiger partial charge < -0.3 is 4.52 Å². The van der Waals surface area contributed by atoms with Crippen LogP contribution in [0.4, 0.5) is 0 Å². The first-order chi connectivity index (χ1) is 6.70. The Morgan fingerprint density at radius 2 is 2.43 bits per heavy atom. The maximum absolute atomic E-state index is 5.32. The van der Waals surface area contributed by atoms with E-state index < -0.39 is 0 Å². The second-order valence-corrected chi connectivity index (χ2v) is 4.34. The summed E-state index contributed by atoms with van der Waals surface area (Å²) < 4.78 is 5.32. The molecule has 14 heavy (non-hydrogen) atoms. The first-order valence-electron chi connectivity index (χ1n) is 5.34. The van der Waals surface area contributed by atoms with Gasteiger partial charge in [-0.25, -0.2) is 0 Å². The lowest BCUT2D eigenvalue weighted by Gasteiger charge is -2.15. The smallest absolute Gasteiger partial charge is 0.154 e. The van der Waals surface area contributed by atoms with Gasteiger partial charge in [0.25, 0.3) is 0 Å². The predicted molar refractivity (Wildman–Crippen MR) is 55.0 cm³/mol. The third-order valence-corrected chi connectivity index (χ3v) is 3.19. The van der Waals surface area contributed by atoms with Crippen LogP contribution >= 0.6 is 0 Å². The SMILES string of the molecule is CC[C@H]1C[C@H](c2cc(C)no2)N(C)C1. The van der Waals surface area contributed by atoms with E-state index in [1.165, 1.54) is 19.4 Å². The van der Waals surface area contributed by atoms with Gasteiger partial charge in [0.2, 0.25) is 0 Å². The normalized spacial score (nSPS) is 28.5. The van der Waals surface area contributed by atoms with Gasteiger partial charge in [-0.3, -0.25) is 4.90 Å². The average molecular weight is 194 g/mol. The second-order valence-electron chi connectivity index (χ2n) is 4.34. The summed E-state index contributed by atoms with van der Waals surface area (Å²) in [5, 5.41) is 3.94. The van der Waals surface area contributed by atoms with Crippen LogP contribution in [-0.4, -0.2) is 23.6 Å². The minimum atomic E-state index is 0.446. The van der Waals surface area contributed by atoms with Crippen LogP contribution in [0.5, 0.6) is 0 Å². The number of hydrogen-bond donors (Lipinski definition) is 0. The summed E-state index contributed by atoms with van der Waals surface area (Å²) in [6.45, 7) is 5.41. The molecular weight excluding hydrogens is 176 g/mol. The minimum Gasteiger partial charge on any atom is -0.359 e. The molecule has 0 unspecified atom stereocenters. The van der Waals surface area contributed by atoms with Crippen molar-refractivity contribution in [1.82, 2.24) is 10.1 Å². The molecule has 1 aromatic rings. The molecule has 1 fully saturated rings. The summed E-state index contributed by atoms with van der Waals surface area (Å²) in [6, 6.07) is 2.50. The molecule has 0 radical (unpaired) electrons. The Bertz CT molecular complexity index is 308.